The van der Waals surface area contributed by atoms with E-state index in [1.807, 2.05) is 0 Å². The molecule has 13 heavy (non-hydrogen) atoms. The van der Waals surface area contributed by atoms with Gasteiger partial charge in [0.1, 0.15) is 0 Å². The minimum atomic E-state index is 0.896. The van der Waals surface area contributed by atoms with Crippen LogP contribution in [-0.2, 0) is 4.74 Å². The standard InChI is InChI=1S/C12H24O/c1-4-10(3)12(5-2)11-6-8-13-9-7-11/h10-12H,4-9H2,1-3H3. The highest BCUT2D eigenvalue weighted by molar-refractivity contribution is 4.75. The zero-order chi connectivity index (χ0) is 9.68. The van der Waals surface area contributed by atoms with E-state index in [4.69, 9.17) is 4.74 Å². The van der Waals surface area contributed by atoms with Gasteiger partial charge in [0.15, 0.2) is 0 Å². The van der Waals surface area contributed by atoms with E-state index < -0.39 is 0 Å². The van der Waals surface area contributed by atoms with Gasteiger partial charge in [-0.3, -0.25) is 0 Å². The molecule has 0 aromatic heterocycles. The van der Waals surface area contributed by atoms with Crippen molar-refractivity contribution >= 4 is 0 Å². The summed E-state index contributed by atoms with van der Waals surface area (Å²) in [5.41, 5.74) is 0. The zero-order valence-corrected chi connectivity index (χ0v) is 9.38. The predicted octanol–water partition coefficient (Wildman–Crippen LogP) is 3.49. The molecule has 0 aliphatic carbocycles. The van der Waals surface area contributed by atoms with E-state index in [2.05, 4.69) is 20.8 Å². The fourth-order valence-corrected chi connectivity index (χ4v) is 2.65. The van der Waals surface area contributed by atoms with E-state index in [0.29, 0.717) is 0 Å². The summed E-state index contributed by atoms with van der Waals surface area (Å²) in [6.45, 7) is 9.05. The van der Waals surface area contributed by atoms with E-state index in [-0.39, 0.29) is 0 Å². The molecule has 0 N–H and O–H groups in total. The lowest BCUT2D eigenvalue weighted by Crippen LogP contribution is -2.27. The van der Waals surface area contributed by atoms with Crippen molar-refractivity contribution in [3.05, 3.63) is 0 Å². The summed E-state index contributed by atoms with van der Waals surface area (Å²) in [6.07, 6.45) is 5.27. The Morgan fingerprint density at radius 3 is 2.23 bits per heavy atom. The van der Waals surface area contributed by atoms with Crippen molar-refractivity contribution in [2.75, 3.05) is 13.2 Å². The van der Waals surface area contributed by atoms with Crippen LogP contribution in [0.4, 0.5) is 0 Å². The van der Waals surface area contributed by atoms with Gasteiger partial charge in [0.25, 0.3) is 0 Å². The molecule has 0 aromatic carbocycles. The van der Waals surface area contributed by atoms with Crippen molar-refractivity contribution in [3.8, 4) is 0 Å². The second-order valence-electron chi connectivity index (χ2n) is 4.41. The molecule has 1 aliphatic rings. The highest BCUT2D eigenvalue weighted by Crippen LogP contribution is 2.33. The SMILES string of the molecule is CCC(C)C(CC)C1CCOCC1. The third kappa shape index (κ3) is 2.98. The number of rotatable bonds is 4. The Hall–Kier alpha value is -0.0400. The number of hydrogen-bond donors (Lipinski definition) is 0. The minimum absolute atomic E-state index is 0.896. The molecule has 0 amide bonds. The third-order valence-corrected chi connectivity index (χ3v) is 3.72. The van der Waals surface area contributed by atoms with Gasteiger partial charge in [-0.1, -0.05) is 33.6 Å². The molecule has 0 bridgehead atoms. The molecule has 1 heterocycles. The molecule has 1 rings (SSSR count). The Kier molecular flexibility index (Phi) is 4.79. The number of ether oxygens (including phenoxy) is 1. The van der Waals surface area contributed by atoms with Crippen molar-refractivity contribution in [2.45, 2.75) is 46.5 Å². The summed E-state index contributed by atoms with van der Waals surface area (Å²) in [6, 6.07) is 0. The lowest BCUT2D eigenvalue weighted by atomic mass is 9.76. The van der Waals surface area contributed by atoms with E-state index in [1.54, 1.807) is 0 Å². The molecule has 0 aromatic rings. The second-order valence-corrected chi connectivity index (χ2v) is 4.41. The Bertz CT molecular complexity index is 127. The molecular weight excluding hydrogens is 160 g/mol. The second kappa shape index (κ2) is 5.64. The first-order chi connectivity index (χ1) is 6.29. The fourth-order valence-electron chi connectivity index (χ4n) is 2.65. The van der Waals surface area contributed by atoms with Gasteiger partial charge in [-0.15, -0.1) is 0 Å². The molecule has 1 nitrogen and oxygen atoms in total. The summed E-state index contributed by atoms with van der Waals surface area (Å²) < 4.78 is 5.41. The zero-order valence-electron chi connectivity index (χ0n) is 9.38. The Morgan fingerprint density at radius 2 is 1.77 bits per heavy atom. The molecule has 0 radical (unpaired) electrons. The molecule has 78 valence electrons. The average molecular weight is 184 g/mol. The van der Waals surface area contributed by atoms with Crippen LogP contribution in [-0.4, -0.2) is 13.2 Å². The van der Waals surface area contributed by atoms with Gasteiger partial charge in [-0.2, -0.15) is 0 Å². The molecule has 1 fully saturated rings. The van der Waals surface area contributed by atoms with Crippen molar-refractivity contribution in [1.29, 1.82) is 0 Å². The summed E-state index contributed by atoms with van der Waals surface area (Å²) in [7, 11) is 0. The van der Waals surface area contributed by atoms with Gasteiger partial charge in [0.05, 0.1) is 0 Å². The minimum Gasteiger partial charge on any atom is -0.381 e. The van der Waals surface area contributed by atoms with Gasteiger partial charge >= 0.3 is 0 Å². The van der Waals surface area contributed by atoms with Crippen LogP contribution < -0.4 is 0 Å². The maximum Gasteiger partial charge on any atom is 0.0468 e. The molecule has 2 unspecified atom stereocenters. The van der Waals surface area contributed by atoms with E-state index in [9.17, 15) is 0 Å². The van der Waals surface area contributed by atoms with Crippen molar-refractivity contribution in [3.63, 3.8) is 0 Å². The molecule has 1 saturated heterocycles. The highest BCUT2D eigenvalue weighted by Gasteiger charge is 2.25. The summed E-state index contributed by atoms with van der Waals surface area (Å²) in [4.78, 5) is 0. The first kappa shape index (κ1) is 11.0. The van der Waals surface area contributed by atoms with Crippen molar-refractivity contribution in [2.24, 2.45) is 17.8 Å². The van der Waals surface area contributed by atoms with Crippen molar-refractivity contribution < 1.29 is 4.74 Å². The molecule has 0 spiro atoms. The van der Waals surface area contributed by atoms with Gasteiger partial charge in [-0.25, -0.2) is 0 Å². The average Bonchev–Trinajstić information content (AvgIpc) is 2.20. The highest BCUT2D eigenvalue weighted by atomic mass is 16.5. The number of hydrogen-bond acceptors (Lipinski definition) is 1. The van der Waals surface area contributed by atoms with Crippen LogP contribution in [0.25, 0.3) is 0 Å². The largest absolute Gasteiger partial charge is 0.381 e. The van der Waals surface area contributed by atoms with Gasteiger partial charge in [0.2, 0.25) is 0 Å². The first-order valence-electron chi connectivity index (χ1n) is 5.87. The van der Waals surface area contributed by atoms with E-state index in [1.165, 1.54) is 25.7 Å². The Labute approximate surface area is 82.9 Å². The normalized spacial score (nSPS) is 24.2. The summed E-state index contributed by atoms with van der Waals surface area (Å²) in [5, 5.41) is 0. The Balaban J connectivity index is 2.43. The quantitative estimate of drug-likeness (QED) is 0.650. The topological polar surface area (TPSA) is 9.23 Å². The monoisotopic (exact) mass is 184 g/mol. The van der Waals surface area contributed by atoms with Crippen LogP contribution in [0.2, 0.25) is 0 Å². The van der Waals surface area contributed by atoms with Crippen LogP contribution >= 0.6 is 0 Å². The lowest BCUT2D eigenvalue weighted by Gasteiger charge is -2.33. The maximum atomic E-state index is 5.41. The molecule has 0 saturated carbocycles. The molecule has 2 atom stereocenters. The first-order valence-corrected chi connectivity index (χ1v) is 5.87. The van der Waals surface area contributed by atoms with Gasteiger partial charge in [0, 0.05) is 13.2 Å². The smallest absolute Gasteiger partial charge is 0.0468 e. The van der Waals surface area contributed by atoms with Crippen LogP contribution in [0.3, 0.4) is 0 Å². The predicted molar refractivity (Wildman–Crippen MR) is 56.8 cm³/mol. The van der Waals surface area contributed by atoms with Crippen LogP contribution in [0.1, 0.15) is 46.5 Å². The van der Waals surface area contributed by atoms with Gasteiger partial charge in [-0.05, 0) is 30.6 Å². The van der Waals surface area contributed by atoms with Gasteiger partial charge < -0.3 is 4.74 Å². The van der Waals surface area contributed by atoms with E-state index in [0.717, 1.165) is 31.0 Å². The van der Waals surface area contributed by atoms with Crippen LogP contribution in [0, 0.1) is 17.8 Å². The van der Waals surface area contributed by atoms with E-state index >= 15 is 0 Å². The fraction of sp³-hybridized carbons (Fsp3) is 1.00. The van der Waals surface area contributed by atoms with Crippen LogP contribution in [0.15, 0.2) is 0 Å². The summed E-state index contributed by atoms with van der Waals surface area (Å²) in [5.74, 6) is 2.77. The maximum absolute atomic E-state index is 5.41. The lowest BCUT2D eigenvalue weighted by molar-refractivity contribution is 0.0342. The molecular formula is C12H24O. The molecule has 1 aliphatic heterocycles. The van der Waals surface area contributed by atoms with Crippen LogP contribution in [0.5, 0.6) is 0 Å². The van der Waals surface area contributed by atoms with Crippen molar-refractivity contribution in [1.82, 2.24) is 0 Å². The summed E-state index contributed by atoms with van der Waals surface area (Å²) >= 11 is 0. The molecule has 1 heteroatoms. The third-order valence-electron chi connectivity index (χ3n) is 3.72. The Morgan fingerprint density at radius 1 is 1.15 bits per heavy atom.